The summed E-state index contributed by atoms with van der Waals surface area (Å²) in [7, 11) is 0. The van der Waals surface area contributed by atoms with Gasteiger partial charge in [-0.05, 0) is 43.2 Å². The van der Waals surface area contributed by atoms with Crippen molar-refractivity contribution in [1.29, 1.82) is 0 Å². The van der Waals surface area contributed by atoms with Gasteiger partial charge in [0.05, 0.1) is 29.3 Å². The molecule has 0 radical (unpaired) electrons. The van der Waals surface area contributed by atoms with Crippen molar-refractivity contribution in [2.45, 2.75) is 44.4 Å². The Kier molecular flexibility index (Phi) is 2.94. The Morgan fingerprint density at radius 3 is 3.04 bits per heavy atom. The van der Waals surface area contributed by atoms with Gasteiger partial charge in [0, 0.05) is 12.4 Å². The largest absolute Gasteiger partial charge is 0.373 e. The summed E-state index contributed by atoms with van der Waals surface area (Å²) in [5.41, 5.74) is 2.50. The molecule has 2 aliphatic rings. The maximum Gasteiger partial charge on any atom is 0.259 e. The normalized spacial score (nSPS) is 25.6. The molecule has 5 nitrogen and oxygen atoms in total. The molecule has 24 heavy (non-hydrogen) atoms. The summed E-state index contributed by atoms with van der Waals surface area (Å²) < 4.78 is 8.12. The number of ether oxygens (including phenoxy) is 1. The zero-order chi connectivity index (χ0) is 16.3. The first-order valence-electron chi connectivity index (χ1n) is 8.52. The number of hydrogen-bond acceptors (Lipinski definition) is 3. The molecule has 4 heterocycles. The van der Waals surface area contributed by atoms with Gasteiger partial charge in [-0.2, -0.15) is 0 Å². The Hall–Kier alpha value is -2.40. The summed E-state index contributed by atoms with van der Waals surface area (Å²) in [6.45, 7) is 2.01. The summed E-state index contributed by atoms with van der Waals surface area (Å²) in [6, 6.07) is 8.28. The second-order valence-electron chi connectivity index (χ2n) is 6.89. The van der Waals surface area contributed by atoms with E-state index < -0.39 is 0 Å². The molecule has 0 spiro atoms. The lowest BCUT2D eigenvalue weighted by Crippen LogP contribution is -2.22. The maximum atomic E-state index is 12.7. The van der Waals surface area contributed by atoms with Gasteiger partial charge < -0.3 is 14.3 Å². The molecule has 2 saturated heterocycles. The van der Waals surface area contributed by atoms with Crippen molar-refractivity contribution < 1.29 is 4.74 Å². The standard InChI is InChI=1S/C19H19N3O2/c1-11-3-2-4-12-9-14(19(23)21-17(11)12)18-20-7-8-22(18)15-10-13-5-6-16(15)24-13/h2-4,7-9,13,15-16H,5-6,10H2,1H3,(H,21,23)/t13-,15+,16+/m0/s1. The van der Waals surface area contributed by atoms with E-state index in [4.69, 9.17) is 4.74 Å². The molecule has 2 bridgehead atoms. The lowest BCUT2D eigenvalue weighted by atomic mass is 9.95. The average molecular weight is 321 g/mol. The van der Waals surface area contributed by atoms with Crippen LogP contribution in [0.5, 0.6) is 0 Å². The van der Waals surface area contributed by atoms with E-state index in [2.05, 4.69) is 14.5 Å². The third-order valence-electron chi connectivity index (χ3n) is 5.43. The number of aromatic amines is 1. The highest BCUT2D eigenvalue weighted by Crippen LogP contribution is 2.42. The van der Waals surface area contributed by atoms with Gasteiger partial charge in [-0.25, -0.2) is 4.98 Å². The number of rotatable bonds is 2. The predicted molar refractivity (Wildman–Crippen MR) is 92.1 cm³/mol. The molecule has 0 saturated carbocycles. The van der Waals surface area contributed by atoms with Gasteiger partial charge in [0.25, 0.3) is 5.56 Å². The van der Waals surface area contributed by atoms with E-state index in [-0.39, 0.29) is 17.7 Å². The van der Waals surface area contributed by atoms with Gasteiger partial charge in [-0.3, -0.25) is 4.79 Å². The van der Waals surface area contributed by atoms with Crippen LogP contribution in [0.4, 0.5) is 0 Å². The van der Waals surface area contributed by atoms with Gasteiger partial charge in [-0.15, -0.1) is 0 Å². The van der Waals surface area contributed by atoms with Crippen LogP contribution in [0.3, 0.4) is 0 Å². The topological polar surface area (TPSA) is 59.9 Å². The number of nitrogens with zero attached hydrogens (tertiary/aromatic N) is 2. The van der Waals surface area contributed by atoms with Crippen molar-refractivity contribution in [3.63, 3.8) is 0 Å². The Morgan fingerprint density at radius 2 is 2.25 bits per heavy atom. The van der Waals surface area contributed by atoms with Gasteiger partial charge in [-0.1, -0.05) is 18.2 Å². The number of para-hydroxylation sites is 1. The molecule has 0 aliphatic carbocycles. The van der Waals surface area contributed by atoms with Gasteiger partial charge in [0.1, 0.15) is 5.82 Å². The highest BCUT2D eigenvalue weighted by Gasteiger charge is 2.42. The third-order valence-corrected chi connectivity index (χ3v) is 5.43. The van der Waals surface area contributed by atoms with Crippen LogP contribution in [0.1, 0.15) is 30.9 Å². The zero-order valence-electron chi connectivity index (χ0n) is 13.5. The van der Waals surface area contributed by atoms with E-state index >= 15 is 0 Å². The second kappa shape index (κ2) is 5.05. The summed E-state index contributed by atoms with van der Waals surface area (Å²) in [5.74, 6) is 0.737. The Morgan fingerprint density at radius 1 is 1.33 bits per heavy atom. The van der Waals surface area contributed by atoms with E-state index in [0.717, 1.165) is 41.6 Å². The molecule has 122 valence electrons. The molecule has 2 aliphatic heterocycles. The fourth-order valence-electron chi connectivity index (χ4n) is 4.24. The number of benzene rings is 1. The summed E-state index contributed by atoms with van der Waals surface area (Å²) in [4.78, 5) is 20.2. The summed E-state index contributed by atoms with van der Waals surface area (Å²) in [5, 5.41) is 1.03. The maximum absolute atomic E-state index is 12.7. The summed E-state index contributed by atoms with van der Waals surface area (Å²) in [6.07, 6.45) is 7.64. The van der Waals surface area contributed by atoms with E-state index in [1.54, 1.807) is 6.20 Å². The molecule has 5 heteroatoms. The predicted octanol–water partition coefficient (Wildman–Crippen LogP) is 3.19. The fourth-order valence-corrected chi connectivity index (χ4v) is 4.24. The molecule has 0 unspecified atom stereocenters. The molecule has 1 aromatic carbocycles. The molecule has 1 N–H and O–H groups in total. The quantitative estimate of drug-likeness (QED) is 0.788. The minimum absolute atomic E-state index is 0.0895. The number of hydrogen-bond donors (Lipinski definition) is 1. The molecule has 3 atom stereocenters. The zero-order valence-corrected chi connectivity index (χ0v) is 13.5. The van der Waals surface area contributed by atoms with E-state index in [1.807, 2.05) is 37.4 Å². The van der Waals surface area contributed by atoms with E-state index in [0.29, 0.717) is 11.7 Å². The highest BCUT2D eigenvalue weighted by atomic mass is 16.5. The smallest absolute Gasteiger partial charge is 0.259 e. The van der Waals surface area contributed by atoms with Crippen molar-refractivity contribution >= 4 is 10.9 Å². The average Bonchev–Trinajstić information content (AvgIpc) is 3.31. The fraction of sp³-hybridized carbons (Fsp3) is 0.368. The number of pyridine rings is 1. The third kappa shape index (κ3) is 1.97. The molecule has 5 rings (SSSR count). The van der Waals surface area contributed by atoms with Crippen LogP contribution in [0, 0.1) is 6.92 Å². The van der Waals surface area contributed by atoms with Crippen molar-refractivity contribution in [2.24, 2.45) is 0 Å². The first kappa shape index (κ1) is 14.0. The van der Waals surface area contributed by atoms with Crippen LogP contribution < -0.4 is 5.56 Å². The number of H-pyrrole nitrogens is 1. The summed E-state index contributed by atoms with van der Waals surface area (Å²) >= 11 is 0. The Balaban J connectivity index is 1.65. The second-order valence-corrected chi connectivity index (χ2v) is 6.89. The first-order chi connectivity index (χ1) is 11.7. The van der Waals surface area contributed by atoms with E-state index in [9.17, 15) is 4.79 Å². The number of aryl methyl sites for hydroxylation is 1. The highest BCUT2D eigenvalue weighted by molar-refractivity contribution is 5.84. The number of aromatic nitrogens is 3. The van der Waals surface area contributed by atoms with Crippen LogP contribution in [-0.4, -0.2) is 26.7 Å². The minimum atomic E-state index is -0.0895. The van der Waals surface area contributed by atoms with Crippen molar-refractivity contribution in [2.75, 3.05) is 0 Å². The molecular formula is C19H19N3O2. The van der Waals surface area contributed by atoms with Crippen molar-refractivity contribution in [1.82, 2.24) is 14.5 Å². The lowest BCUT2D eigenvalue weighted by molar-refractivity contribution is 0.0940. The molecular weight excluding hydrogens is 302 g/mol. The van der Waals surface area contributed by atoms with Gasteiger partial charge in [0.15, 0.2) is 0 Å². The molecule has 0 amide bonds. The number of imidazole rings is 1. The molecule has 2 fully saturated rings. The van der Waals surface area contributed by atoms with Crippen molar-refractivity contribution in [3.05, 3.63) is 52.6 Å². The first-order valence-corrected chi connectivity index (χ1v) is 8.52. The van der Waals surface area contributed by atoms with Crippen LogP contribution in [0.15, 0.2) is 41.5 Å². The van der Waals surface area contributed by atoms with Gasteiger partial charge >= 0.3 is 0 Å². The molecule has 3 aromatic rings. The number of nitrogens with one attached hydrogen (secondary N) is 1. The van der Waals surface area contributed by atoms with Crippen LogP contribution in [-0.2, 0) is 4.74 Å². The monoisotopic (exact) mass is 321 g/mol. The minimum Gasteiger partial charge on any atom is -0.373 e. The molecule has 2 aromatic heterocycles. The van der Waals surface area contributed by atoms with Crippen molar-refractivity contribution in [3.8, 4) is 11.4 Å². The van der Waals surface area contributed by atoms with Gasteiger partial charge in [0.2, 0.25) is 0 Å². The Bertz CT molecular complexity index is 988. The SMILES string of the molecule is Cc1cccc2cc(-c3nccn3[C@@H]3C[C@@H]4CC[C@H]3O4)c(=O)[nH]c12. The lowest BCUT2D eigenvalue weighted by Gasteiger charge is -2.22. The Labute approximate surface area is 139 Å². The van der Waals surface area contributed by atoms with Crippen LogP contribution in [0.2, 0.25) is 0 Å². The van der Waals surface area contributed by atoms with E-state index in [1.165, 1.54) is 0 Å². The van der Waals surface area contributed by atoms with Crippen LogP contribution >= 0.6 is 0 Å². The number of fused-ring (bicyclic) bond motifs is 3. The van der Waals surface area contributed by atoms with Crippen LogP contribution in [0.25, 0.3) is 22.3 Å².